The van der Waals surface area contributed by atoms with Gasteiger partial charge in [0.05, 0.1) is 11.8 Å². The molecule has 0 spiro atoms. The van der Waals surface area contributed by atoms with E-state index >= 15 is 0 Å². The topological polar surface area (TPSA) is 41.5 Å². The molecule has 0 N–H and O–H groups in total. The summed E-state index contributed by atoms with van der Waals surface area (Å²) in [6.07, 6.45) is 8.32. The van der Waals surface area contributed by atoms with E-state index in [-0.39, 0.29) is 0 Å². The zero-order valence-electron chi connectivity index (χ0n) is 14.4. The highest BCUT2D eigenvalue weighted by Gasteiger charge is 2.22. The van der Waals surface area contributed by atoms with Crippen LogP contribution in [0.25, 0.3) is 0 Å². The van der Waals surface area contributed by atoms with Crippen molar-refractivity contribution in [3.63, 3.8) is 0 Å². The van der Waals surface area contributed by atoms with Crippen molar-refractivity contribution in [2.75, 3.05) is 39.3 Å². The minimum absolute atomic E-state index is 0.336. The van der Waals surface area contributed by atoms with Gasteiger partial charge in [0.25, 0.3) is 0 Å². The summed E-state index contributed by atoms with van der Waals surface area (Å²) in [7, 11) is 0. The van der Waals surface area contributed by atoms with E-state index in [2.05, 4.69) is 26.7 Å². The molecule has 23 heavy (non-hydrogen) atoms. The molecule has 1 atom stereocenters. The average Bonchev–Trinajstić information content (AvgIpc) is 2.81. The van der Waals surface area contributed by atoms with Gasteiger partial charge in [-0.1, -0.05) is 13.3 Å². The fourth-order valence-corrected chi connectivity index (χ4v) is 3.58. The smallest absolute Gasteiger partial charge is 0.128 e. The van der Waals surface area contributed by atoms with E-state index in [4.69, 9.17) is 4.74 Å². The summed E-state index contributed by atoms with van der Waals surface area (Å²) in [4.78, 5) is 14.0. The van der Waals surface area contributed by atoms with Crippen LogP contribution < -0.4 is 0 Å². The first-order valence-electron chi connectivity index (χ1n) is 9.20. The third-order valence-corrected chi connectivity index (χ3v) is 4.81. The van der Waals surface area contributed by atoms with Crippen LogP contribution in [0.4, 0.5) is 0 Å². The largest absolute Gasteiger partial charge is 0.376 e. The molecule has 1 aromatic rings. The number of nitrogens with zero attached hydrogens (tertiary/aromatic N) is 4. The Morgan fingerprint density at radius 2 is 1.96 bits per heavy atom. The van der Waals surface area contributed by atoms with Crippen LogP contribution in [0.5, 0.6) is 0 Å². The van der Waals surface area contributed by atoms with Gasteiger partial charge in [0.1, 0.15) is 5.82 Å². The van der Waals surface area contributed by atoms with E-state index < -0.39 is 0 Å². The number of hydrogen-bond donors (Lipinski definition) is 0. The maximum atomic E-state index is 6.10. The predicted molar refractivity (Wildman–Crippen MR) is 91.3 cm³/mol. The van der Waals surface area contributed by atoms with Crippen molar-refractivity contribution in [2.24, 2.45) is 0 Å². The zero-order chi connectivity index (χ0) is 15.9. The maximum absolute atomic E-state index is 6.10. The minimum atomic E-state index is 0.336. The molecule has 2 aliphatic rings. The molecule has 0 bridgehead atoms. The van der Waals surface area contributed by atoms with Crippen molar-refractivity contribution in [2.45, 2.75) is 51.7 Å². The molecule has 3 rings (SSSR count). The van der Waals surface area contributed by atoms with Crippen LogP contribution in [0.1, 0.15) is 44.1 Å². The molecule has 0 saturated carbocycles. The number of ether oxygens (including phenoxy) is 1. The van der Waals surface area contributed by atoms with Crippen molar-refractivity contribution < 1.29 is 4.74 Å². The number of hydrogen-bond acceptors (Lipinski definition) is 5. The summed E-state index contributed by atoms with van der Waals surface area (Å²) in [5, 5.41) is 0. The van der Waals surface area contributed by atoms with Crippen LogP contribution in [0, 0.1) is 0 Å². The van der Waals surface area contributed by atoms with Gasteiger partial charge in [0.2, 0.25) is 0 Å². The first-order valence-corrected chi connectivity index (χ1v) is 9.20. The summed E-state index contributed by atoms with van der Waals surface area (Å²) in [5.74, 6) is 0.943. The molecule has 1 aromatic heterocycles. The van der Waals surface area contributed by atoms with Gasteiger partial charge in [0.15, 0.2) is 0 Å². The highest BCUT2D eigenvalue weighted by molar-refractivity contribution is 5.02. The Morgan fingerprint density at radius 1 is 1.13 bits per heavy atom. The molecule has 0 amide bonds. The van der Waals surface area contributed by atoms with E-state index in [1.165, 1.54) is 32.4 Å². The van der Waals surface area contributed by atoms with Crippen molar-refractivity contribution in [1.29, 1.82) is 0 Å². The second-order valence-electron chi connectivity index (χ2n) is 6.76. The molecule has 0 aromatic carbocycles. The van der Waals surface area contributed by atoms with E-state index in [1.54, 1.807) is 0 Å². The molecule has 3 heterocycles. The van der Waals surface area contributed by atoms with Crippen LogP contribution in [0.15, 0.2) is 12.3 Å². The van der Waals surface area contributed by atoms with Gasteiger partial charge in [0, 0.05) is 45.4 Å². The number of rotatable bonds is 5. The van der Waals surface area contributed by atoms with Crippen LogP contribution in [0.3, 0.4) is 0 Å². The van der Waals surface area contributed by atoms with Gasteiger partial charge in [-0.05, 0) is 38.4 Å². The van der Waals surface area contributed by atoms with Crippen molar-refractivity contribution in [3.05, 3.63) is 23.8 Å². The normalized spacial score (nSPS) is 24.5. The van der Waals surface area contributed by atoms with Gasteiger partial charge < -0.3 is 9.64 Å². The van der Waals surface area contributed by atoms with Crippen molar-refractivity contribution in [1.82, 2.24) is 19.8 Å². The lowest BCUT2D eigenvalue weighted by Crippen LogP contribution is -2.42. The maximum Gasteiger partial charge on any atom is 0.128 e. The number of likely N-dealkylation sites (tertiary alicyclic amines) is 1. The third kappa shape index (κ3) is 5.23. The van der Waals surface area contributed by atoms with Crippen LogP contribution >= 0.6 is 0 Å². The van der Waals surface area contributed by atoms with Crippen molar-refractivity contribution in [3.8, 4) is 0 Å². The SMILES string of the molecule is CCc1nccc(CN2CCCO[C@@H](CN3CCCCC3)C2)n1. The highest BCUT2D eigenvalue weighted by atomic mass is 16.5. The molecular formula is C18H30N4O. The molecule has 5 nitrogen and oxygen atoms in total. The highest BCUT2D eigenvalue weighted by Crippen LogP contribution is 2.14. The Morgan fingerprint density at radius 3 is 2.78 bits per heavy atom. The summed E-state index contributed by atoms with van der Waals surface area (Å²) < 4.78 is 6.10. The summed E-state index contributed by atoms with van der Waals surface area (Å²) in [5.41, 5.74) is 1.13. The molecule has 0 unspecified atom stereocenters. The molecule has 2 fully saturated rings. The van der Waals surface area contributed by atoms with Crippen LogP contribution in [-0.4, -0.2) is 65.2 Å². The fourth-order valence-electron chi connectivity index (χ4n) is 3.58. The van der Waals surface area contributed by atoms with Crippen LogP contribution in [0.2, 0.25) is 0 Å². The summed E-state index contributed by atoms with van der Waals surface area (Å²) in [6, 6.07) is 2.05. The summed E-state index contributed by atoms with van der Waals surface area (Å²) in [6.45, 7) is 9.59. The molecule has 0 radical (unpaired) electrons. The second-order valence-corrected chi connectivity index (χ2v) is 6.76. The number of aryl methyl sites for hydroxylation is 1. The monoisotopic (exact) mass is 318 g/mol. The Balaban J connectivity index is 1.55. The molecule has 5 heteroatoms. The van der Waals surface area contributed by atoms with Gasteiger partial charge in [-0.2, -0.15) is 0 Å². The van der Waals surface area contributed by atoms with Gasteiger partial charge in [-0.25, -0.2) is 9.97 Å². The standard InChI is InChI=1S/C18H30N4O/c1-2-18-19-8-7-16(20-18)13-22-11-6-12-23-17(15-22)14-21-9-4-3-5-10-21/h7-8,17H,2-6,9-15H2,1H3/t17-/m0/s1. The third-order valence-electron chi connectivity index (χ3n) is 4.81. The van der Waals surface area contributed by atoms with E-state index in [0.29, 0.717) is 6.10 Å². The minimum Gasteiger partial charge on any atom is -0.376 e. The molecule has 2 aliphatic heterocycles. The Hall–Kier alpha value is -1.04. The van der Waals surface area contributed by atoms with Gasteiger partial charge in [-0.15, -0.1) is 0 Å². The lowest BCUT2D eigenvalue weighted by atomic mass is 10.1. The fraction of sp³-hybridized carbons (Fsp3) is 0.778. The predicted octanol–water partition coefficient (Wildman–Crippen LogP) is 2.12. The zero-order valence-corrected chi connectivity index (χ0v) is 14.4. The van der Waals surface area contributed by atoms with Gasteiger partial charge in [-0.3, -0.25) is 4.90 Å². The first-order chi connectivity index (χ1) is 11.3. The second kappa shape index (κ2) is 8.71. The Bertz CT molecular complexity index is 476. The van der Waals surface area contributed by atoms with Crippen LogP contribution in [-0.2, 0) is 17.7 Å². The molecule has 2 saturated heterocycles. The van der Waals surface area contributed by atoms with E-state index in [1.807, 2.05) is 12.3 Å². The van der Waals surface area contributed by atoms with Gasteiger partial charge >= 0.3 is 0 Å². The first kappa shape index (κ1) is 16.8. The van der Waals surface area contributed by atoms with E-state index in [0.717, 1.165) is 57.1 Å². The lowest BCUT2D eigenvalue weighted by molar-refractivity contribution is 0.0215. The number of aromatic nitrogens is 2. The molecule has 128 valence electrons. The average molecular weight is 318 g/mol. The summed E-state index contributed by atoms with van der Waals surface area (Å²) >= 11 is 0. The Kier molecular flexibility index (Phi) is 6.37. The van der Waals surface area contributed by atoms with Crippen molar-refractivity contribution >= 4 is 0 Å². The molecular weight excluding hydrogens is 288 g/mol. The number of piperidine rings is 1. The quantitative estimate of drug-likeness (QED) is 0.832. The Labute approximate surface area is 140 Å². The lowest BCUT2D eigenvalue weighted by Gasteiger charge is -2.31. The van der Waals surface area contributed by atoms with E-state index in [9.17, 15) is 0 Å². The molecule has 0 aliphatic carbocycles.